The average molecular weight is 318 g/mol. The maximum Gasteiger partial charge on any atom is 0.500 e. The van der Waals surface area contributed by atoms with Gasteiger partial charge in [0.25, 0.3) is 0 Å². The van der Waals surface area contributed by atoms with E-state index in [1.54, 1.807) is 0 Å². The van der Waals surface area contributed by atoms with E-state index in [1.807, 2.05) is 20.8 Å². The maximum absolute atomic E-state index is 11.4. The highest BCUT2D eigenvalue weighted by atomic mass is 28.4. The van der Waals surface area contributed by atoms with E-state index >= 15 is 0 Å². The van der Waals surface area contributed by atoms with E-state index in [9.17, 15) is 9.59 Å². The highest BCUT2D eigenvalue weighted by molar-refractivity contribution is 6.60. The van der Waals surface area contributed by atoms with Crippen molar-refractivity contribution in [2.75, 3.05) is 26.4 Å². The summed E-state index contributed by atoms with van der Waals surface area (Å²) < 4.78 is 17.1. The summed E-state index contributed by atoms with van der Waals surface area (Å²) in [6.45, 7) is 7.73. The molecule has 0 aliphatic heterocycles. The zero-order valence-corrected chi connectivity index (χ0v) is 14.0. The molecule has 0 aliphatic carbocycles. The van der Waals surface area contributed by atoms with E-state index in [-0.39, 0.29) is 5.91 Å². The van der Waals surface area contributed by atoms with E-state index in [1.165, 1.54) is 0 Å². The third-order valence-electron chi connectivity index (χ3n) is 2.45. The lowest BCUT2D eigenvalue weighted by Gasteiger charge is -2.28. The van der Waals surface area contributed by atoms with E-state index < -0.39 is 14.7 Å². The molecular weight excluding hydrogens is 292 g/mol. The van der Waals surface area contributed by atoms with Gasteiger partial charge in [-0.2, -0.15) is 0 Å². The molecule has 0 unspecified atom stereocenters. The Balaban J connectivity index is 4.23. The lowest BCUT2D eigenvalue weighted by molar-refractivity contribution is -0.117. The molecule has 0 aromatic heterocycles. The second kappa shape index (κ2) is 11.4. The lowest BCUT2D eigenvalue weighted by Crippen LogP contribution is -2.46. The number of primary amides is 1. The predicted molar refractivity (Wildman–Crippen MR) is 81.4 cm³/mol. The van der Waals surface area contributed by atoms with Gasteiger partial charge in [-0.25, -0.2) is 0 Å². The second-order valence-corrected chi connectivity index (χ2v) is 6.84. The molecule has 0 saturated carbocycles. The summed E-state index contributed by atoms with van der Waals surface area (Å²) in [7, 11) is -2.65. The molecule has 2 amide bonds. The molecule has 0 aromatic carbocycles. The van der Waals surface area contributed by atoms with Crippen molar-refractivity contribution in [3.8, 4) is 0 Å². The van der Waals surface area contributed by atoms with Crippen molar-refractivity contribution < 1.29 is 22.9 Å². The quantitative estimate of drug-likeness (QED) is 0.311. The van der Waals surface area contributed by atoms with Crippen molar-refractivity contribution in [3.63, 3.8) is 0 Å². The van der Waals surface area contributed by atoms with E-state index in [4.69, 9.17) is 19.0 Å². The molecule has 0 spiro atoms. The maximum atomic E-state index is 11.4. The van der Waals surface area contributed by atoms with Crippen molar-refractivity contribution in [3.05, 3.63) is 12.2 Å². The van der Waals surface area contributed by atoms with Gasteiger partial charge in [0.2, 0.25) is 11.8 Å². The average Bonchev–Trinajstić information content (AvgIpc) is 2.42. The molecule has 0 fully saturated rings. The van der Waals surface area contributed by atoms with Gasteiger partial charge in [0.1, 0.15) is 0 Å². The Morgan fingerprint density at radius 3 is 2.00 bits per heavy atom. The van der Waals surface area contributed by atoms with Crippen LogP contribution in [0.3, 0.4) is 0 Å². The molecule has 0 bridgehead atoms. The first-order chi connectivity index (χ1) is 9.99. The Morgan fingerprint density at radius 2 is 1.57 bits per heavy atom. The number of hydrogen-bond acceptors (Lipinski definition) is 5. The van der Waals surface area contributed by atoms with Crippen molar-refractivity contribution in [1.82, 2.24) is 5.32 Å². The summed E-state index contributed by atoms with van der Waals surface area (Å²) in [6, 6.07) is 0.627. The van der Waals surface area contributed by atoms with Crippen molar-refractivity contribution in [2.45, 2.75) is 33.2 Å². The molecule has 3 N–H and O–H groups in total. The van der Waals surface area contributed by atoms with Crippen LogP contribution in [0.4, 0.5) is 0 Å². The van der Waals surface area contributed by atoms with Crippen LogP contribution in [0.1, 0.15) is 27.2 Å². The Hall–Kier alpha value is -1.22. The molecule has 21 heavy (non-hydrogen) atoms. The summed E-state index contributed by atoms with van der Waals surface area (Å²) in [5.74, 6) is -1.01. The third kappa shape index (κ3) is 9.35. The fourth-order valence-corrected chi connectivity index (χ4v) is 4.35. The van der Waals surface area contributed by atoms with Crippen LogP contribution in [-0.2, 0) is 22.9 Å². The number of amides is 2. The monoisotopic (exact) mass is 318 g/mol. The first kappa shape index (κ1) is 19.8. The highest BCUT2D eigenvalue weighted by Crippen LogP contribution is 2.17. The van der Waals surface area contributed by atoms with Crippen molar-refractivity contribution in [1.29, 1.82) is 0 Å². The molecule has 0 aromatic rings. The molecule has 0 radical (unpaired) electrons. The number of nitrogens with two attached hydrogens (primary N) is 1. The molecule has 122 valence electrons. The van der Waals surface area contributed by atoms with Crippen LogP contribution in [0.5, 0.6) is 0 Å². The highest BCUT2D eigenvalue weighted by Gasteiger charge is 2.39. The van der Waals surface area contributed by atoms with Gasteiger partial charge >= 0.3 is 8.80 Å². The summed E-state index contributed by atoms with van der Waals surface area (Å²) in [6.07, 6.45) is 2.80. The van der Waals surface area contributed by atoms with Crippen LogP contribution in [0, 0.1) is 0 Å². The topological polar surface area (TPSA) is 99.9 Å². The van der Waals surface area contributed by atoms with Crippen molar-refractivity contribution >= 4 is 20.6 Å². The fraction of sp³-hybridized carbons (Fsp3) is 0.692. The van der Waals surface area contributed by atoms with Crippen LogP contribution < -0.4 is 11.1 Å². The van der Waals surface area contributed by atoms with Crippen LogP contribution in [-0.4, -0.2) is 47.0 Å². The number of carbonyl (C=O) groups excluding carboxylic acids is 2. The molecule has 0 rings (SSSR count). The zero-order valence-electron chi connectivity index (χ0n) is 13.0. The third-order valence-corrected chi connectivity index (χ3v) is 5.60. The van der Waals surface area contributed by atoms with Gasteiger partial charge in [0.15, 0.2) is 0 Å². The van der Waals surface area contributed by atoms with Crippen LogP contribution >= 0.6 is 0 Å². The SMILES string of the molecule is CCO[Si](CCCNC(=O)/C=C\C(N)=O)(OCC)OCC. The number of carbonyl (C=O) groups is 2. The Kier molecular flexibility index (Phi) is 10.8. The smallest absolute Gasteiger partial charge is 0.374 e. The largest absolute Gasteiger partial charge is 0.500 e. The number of hydrogen-bond donors (Lipinski definition) is 2. The normalized spacial score (nSPS) is 11.8. The Morgan fingerprint density at radius 1 is 1.05 bits per heavy atom. The molecule has 0 heterocycles. The van der Waals surface area contributed by atoms with Gasteiger partial charge in [-0.1, -0.05) is 0 Å². The van der Waals surface area contributed by atoms with Crippen molar-refractivity contribution in [2.24, 2.45) is 5.73 Å². The van der Waals surface area contributed by atoms with Crippen LogP contribution in [0.2, 0.25) is 6.04 Å². The summed E-state index contributed by atoms with van der Waals surface area (Å²) >= 11 is 0. The molecule has 8 heteroatoms. The lowest BCUT2D eigenvalue weighted by atomic mass is 10.4. The van der Waals surface area contributed by atoms with Gasteiger partial charge in [-0.15, -0.1) is 0 Å². The summed E-state index contributed by atoms with van der Waals surface area (Å²) in [5, 5.41) is 2.66. The standard InChI is InChI=1S/C13H26N2O5Si/c1-4-18-21(19-5-2,20-6-3)11-7-10-15-13(17)9-8-12(14)16/h8-9H,4-7,10-11H2,1-3H3,(H2,14,16)(H,15,17)/b9-8-. The molecule has 7 nitrogen and oxygen atoms in total. The van der Waals surface area contributed by atoms with Gasteiger partial charge in [0.05, 0.1) is 0 Å². The minimum Gasteiger partial charge on any atom is -0.374 e. The molecular formula is C13H26N2O5Si. The number of nitrogens with one attached hydrogen (secondary N) is 1. The molecule has 0 atom stereocenters. The summed E-state index contributed by atoms with van der Waals surface area (Å²) in [4.78, 5) is 21.9. The van der Waals surface area contributed by atoms with Crippen LogP contribution in [0.25, 0.3) is 0 Å². The van der Waals surface area contributed by atoms with E-state index in [0.29, 0.717) is 38.8 Å². The first-order valence-corrected chi connectivity index (χ1v) is 9.10. The fourth-order valence-electron chi connectivity index (χ4n) is 1.73. The van der Waals surface area contributed by atoms with Crippen LogP contribution in [0.15, 0.2) is 12.2 Å². The molecule has 0 aliphatic rings. The van der Waals surface area contributed by atoms with Gasteiger partial charge in [0, 0.05) is 44.6 Å². The second-order valence-electron chi connectivity index (χ2n) is 4.11. The van der Waals surface area contributed by atoms with Gasteiger partial charge in [-0.05, 0) is 27.2 Å². The van der Waals surface area contributed by atoms with E-state index in [0.717, 1.165) is 12.2 Å². The molecule has 0 saturated heterocycles. The van der Waals surface area contributed by atoms with Gasteiger partial charge < -0.3 is 24.3 Å². The Bertz CT molecular complexity index is 332. The number of rotatable bonds is 12. The first-order valence-electron chi connectivity index (χ1n) is 7.16. The van der Waals surface area contributed by atoms with Gasteiger partial charge in [-0.3, -0.25) is 9.59 Å². The zero-order chi connectivity index (χ0) is 16.1. The minimum atomic E-state index is -2.65. The minimum absolute atomic E-state index is 0.356. The predicted octanol–water partition coefficient (Wildman–Crippen LogP) is 0.583. The summed E-state index contributed by atoms with van der Waals surface area (Å²) in [5.41, 5.74) is 4.90. The van der Waals surface area contributed by atoms with E-state index in [2.05, 4.69) is 5.32 Å². The Labute approximate surface area is 127 Å².